The van der Waals surface area contributed by atoms with E-state index in [9.17, 15) is 9.59 Å². The van der Waals surface area contributed by atoms with E-state index < -0.39 is 0 Å². The van der Waals surface area contributed by atoms with Crippen LogP contribution in [0.25, 0.3) is 0 Å². The zero-order valence-electron chi connectivity index (χ0n) is 16.9. The fourth-order valence-electron chi connectivity index (χ4n) is 2.81. The normalized spacial score (nSPS) is 10.2. The molecule has 0 saturated heterocycles. The summed E-state index contributed by atoms with van der Waals surface area (Å²) in [6.07, 6.45) is 0. The van der Waals surface area contributed by atoms with Gasteiger partial charge in [0.25, 0.3) is 5.91 Å². The van der Waals surface area contributed by atoms with Crippen molar-refractivity contribution in [2.45, 2.75) is 13.5 Å². The summed E-state index contributed by atoms with van der Waals surface area (Å²) in [6.45, 7) is 2.96. The van der Waals surface area contributed by atoms with Gasteiger partial charge in [-0.25, -0.2) is 0 Å². The molecule has 0 unspecified atom stereocenters. The summed E-state index contributed by atoms with van der Waals surface area (Å²) >= 11 is 0. The second-order valence-electron chi connectivity index (χ2n) is 6.61. The molecule has 0 aliphatic heterocycles. The topological polar surface area (TPSA) is 79.5 Å². The molecule has 6 nitrogen and oxygen atoms in total. The first kappa shape index (κ1) is 20.9. The van der Waals surface area contributed by atoms with Crippen molar-refractivity contribution >= 4 is 23.2 Å². The molecule has 0 aromatic heterocycles. The highest BCUT2D eigenvalue weighted by Crippen LogP contribution is 2.24. The summed E-state index contributed by atoms with van der Waals surface area (Å²) in [4.78, 5) is 24.2. The zero-order valence-corrected chi connectivity index (χ0v) is 16.9. The molecular weight excluding hydrogens is 378 g/mol. The molecule has 0 bridgehead atoms. The van der Waals surface area contributed by atoms with Crippen LogP contribution in [0.15, 0.2) is 78.9 Å². The highest BCUT2D eigenvalue weighted by molar-refractivity contribution is 5.96. The van der Waals surface area contributed by atoms with Gasteiger partial charge in [-0.15, -0.1) is 0 Å². The smallest absolute Gasteiger partial charge is 0.251 e. The number of amides is 2. The highest BCUT2D eigenvalue weighted by Gasteiger charge is 2.09. The third-order valence-corrected chi connectivity index (χ3v) is 4.34. The number of para-hydroxylation sites is 2. The summed E-state index contributed by atoms with van der Waals surface area (Å²) in [5, 5.41) is 8.68. The van der Waals surface area contributed by atoms with Crippen LogP contribution in [0.2, 0.25) is 0 Å². The van der Waals surface area contributed by atoms with Crippen molar-refractivity contribution in [2.75, 3.05) is 23.7 Å². The minimum Gasteiger partial charge on any atom is -0.487 e. The number of ether oxygens (including phenoxy) is 1. The lowest BCUT2D eigenvalue weighted by Crippen LogP contribution is -2.23. The molecule has 3 N–H and O–H groups in total. The number of carbonyl (C=O) groups is 2. The van der Waals surface area contributed by atoms with Gasteiger partial charge in [0.1, 0.15) is 12.4 Å². The van der Waals surface area contributed by atoms with Gasteiger partial charge < -0.3 is 20.7 Å². The quantitative estimate of drug-likeness (QED) is 0.503. The Morgan fingerprint density at radius 3 is 2.30 bits per heavy atom. The third-order valence-electron chi connectivity index (χ3n) is 4.34. The van der Waals surface area contributed by atoms with Crippen molar-refractivity contribution in [2.24, 2.45) is 0 Å². The molecule has 3 aromatic carbocycles. The molecule has 0 saturated carbocycles. The molecule has 0 atom stereocenters. The van der Waals surface area contributed by atoms with E-state index >= 15 is 0 Å². The average molecular weight is 403 g/mol. The number of benzene rings is 3. The number of anilines is 2. The summed E-state index contributed by atoms with van der Waals surface area (Å²) in [5.74, 6) is 0.299. The maximum Gasteiger partial charge on any atom is 0.251 e. The lowest BCUT2D eigenvalue weighted by molar-refractivity contribution is -0.114. The van der Waals surface area contributed by atoms with Crippen molar-refractivity contribution < 1.29 is 14.3 Å². The van der Waals surface area contributed by atoms with E-state index in [0.717, 1.165) is 11.3 Å². The second-order valence-corrected chi connectivity index (χ2v) is 6.61. The molecule has 0 aliphatic carbocycles. The fourth-order valence-corrected chi connectivity index (χ4v) is 2.81. The standard InChI is InChI=1S/C24H25N3O3/c1-2-25-24(29)19-12-14-20(15-13-19)26-16-23(28)27-21-10-6-7-11-22(21)30-17-18-8-4-3-5-9-18/h3-15,26H,2,16-17H2,1H3,(H,25,29)(H,27,28). The van der Waals surface area contributed by atoms with Crippen molar-refractivity contribution in [1.82, 2.24) is 5.32 Å². The molecule has 0 radical (unpaired) electrons. The van der Waals surface area contributed by atoms with Gasteiger partial charge in [0, 0.05) is 17.8 Å². The van der Waals surface area contributed by atoms with Gasteiger partial charge in [-0.05, 0) is 48.9 Å². The number of carbonyl (C=O) groups excluding carboxylic acids is 2. The monoisotopic (exact) mass is 403 g/mol. The molecule has 154 valence electrons. The van der Waals surface area contributed by atoms with Gasteiger partial charge in [-0.1, -0.05) is 42.5 Å². The third kappa shape index (κ3) is 6.10. The first-order valence-electron chi connectivity index (χ1n) is 9.83. The summed E-state index contributed by atoms with van der Waals surface area (Å²) in [5.41, 5.74) is 3.01. The number of hydrogen-bond acceptors (Lipinski definition) is 4. The minimum absolute atomic E-state index is 0.0908. The summed E-state index contributed by atoms with van der Waals surface area (Å²) in [6, 6.07) is 24.2. The van der Waals surface area contributed by atoms with Gasteiger partial charge in [0.15, 0.2) is 0 Å². The van der Waals surface area contributed by atoms with Crippen molar-refractivity contribution in [3.63, 3.8) is 0 Å². The van der Waals surface area contributed by atoms with Crippen LogP contribution in [0.3, 0.4) is 0 Å². The van der Waals surface area contributed by atoms with Crippen molar-refractivity contribution in [1.29, 1.82) is 0 Å². The van der Waals surface area contributed by atoms with Gasteiger partial charge in [0.05, 0.1) is 12.2 Å². The Morgan fingerprint density at radius 2 is 1.57 bits per heavy atom. The maximum atomic E-state index is 12.4. The van der Waals surface area contributed by atoms with E-state index in [1.807, 2.05) is 55.5 Å². The van der Waals surface area contributed by atoms with Crippen LogP contribution in [0.5, 0.6) is 5.75 Å². The molecule has 3 rings (SSSR count). The first-order chi connectivity index (χ1) is 14.7. The molecule has 6 heteroatoms. The predicted molar refractivity (Wildman–Crippen MR) is 119 cm³/mol. The molecule has 2 amide bonds. The second kappa shape index (κ2) is 10.7. The molecule has 0 aliphatic rings. The first-order valence-corrected chi connectivity index (χ1v) is 9.83. The van der Waals surface area contributed by atoms with Crippen molar-refractivity contribution in [3.05, 3.63) is 90.0 Å². The fraction of sp³-hybridized carbons (Fsp3) is 0.167. The molecule has 0 heterocycles. The summed E-state index contributed by atoms with van der Waals surface area (Å²) < 4.78 is 5.87. The van der Waals surface area contributed by atoms with Crippen LogP contribution in [-0.2, 0) is 11.4 Å². The van der Waals surface area contributed by atoms with E-state index in [-0.39, 0.29) is 18.4 Å². The number of nitrogens with one attached hydrogen (secondary N) is 3. The zero-order chi connectivity index (χ0) is 21.2. The SMILES string of the molecule is CCNC(=O)c1ccc(NCC(=O)Nc2ccccc2OCc2ccccc2)cc1. The Morgan fingerprint density at radius 1 is 0.867 bits per heavy atom. The molecular formula is C24H25N3O3. The van der Waals surface area contributed by atoms with Gasteiger partial charge in [-0.2, -0.15) is 0 Å². The maximum absolute atomic E-state index is 12.4. The van der Waals surface area contributed by atoms with Crippen molar-refractivity contribution in [3.8, 4) is 5.75 Å². The van der Waals surface area contributed by atoms with Crippen LogP contribution in [0.1, 0.15) is 22.8 Å². The van der Waals surface area contributed by atoms with Crippen LogP contribution in [-0.4, -0.2) is 24.9 Å². The van der Waals surface area contributed by atoms with E-state index in [1.54, 1.807) is 30.3 Å². The number of hydrogen-bond donors (Lipinski definition) is 3. The Labute approximate surface area is 176 Å². The number of rotatable bonds is 9. The average Bonchev–Trinajstić information content (AvgIpc) is 2.78. The van der Waals surface area contributed by atoms with Crippen LogP contribution < -0.4 is 20.7 Å². The minimum atomic E-state index is -0.196. The van der Waals surface area contributed by atoms with Gasteiger partial charge >= 0.3 is 0 Å². The van der Waals surface area contributed by atoms with Gasteiger partial charge in [0.2, 0.25) is 5.91 Å². The molecule has 30 heavy (non-hydrogen) atoms. The summed E-state index contributed by atoms with van der Waals surface area (Å²) in [7, 11) is 0. The predicted octanol–water partition coefficient (Wildman–Crippen LogP) is 4.07. The Hall–Kier alpha value is -3.80. The molecule has 0 fully saturated rings. The van der Waals surface area contributed by atoms with E-state index in [4.69, 9.17) is 4.74 Å². The lowest BCUT2D eigenvalue weighted by atomic mass is 10.2. The van der Waals surface area contributed by atoms with E-state index in [1.165, 1.54) is 0 Å². The van der Waals surface area contributed by atoms with Gasteiger partial charge in [-0.3, -0.25) is 9.59 Å². The molecule has 3 aromatic rings. The Kier molecular flexibility index (Phi) is 7.44. The lowest BCUT2D eigenvalue weighted by Gasteiger charge is -2.13. The van der Waals surface area contributed by atoms with E-state index in [2.05, 4.69) is 16.0 Å². The van der Waals surface area contributed by atoms with Crippen LogP contribution in [0.4, 0.5) is 11.4 Å². The Balaban J connectivity index is 1.53. The highest BCUT2D eigenvalue weighted by atomic mass is 16.5. The van der Waals surface area contributed by atoms with Crippen LogP contribution in [0, 0.1) is 0 Å². The molecule has 0 spiro atoms. The van der Waals surface area contributed by atoms with Crippen LogP contribution >= 0.6 is 0 Å². The Bertz CT molecular complexity index is 973. The largest absolute Gasteiger partial charge is 0.487 e. The van der Waals surface area contributed by atoms with E-state index in [0.29, 0.717) is 30.2 Å².